The first-order chi connectivity index (χ1) is 14.7. The molecule has 174 valence electrons. The maximum atomic E-state index is 13.1. The quantitative estimate of drug-likeness (QED) is 0.681. The molecule has 1 aromatic heterocycles. The van der Waals surface area contributed by atoms with Gasteiger partial charge in [-0.3, -0.25) is 9.69 Å². The summed E-state index contributed by atoms with van der Waals surface area (Å²) in [4.78, 5) is 17.7. The summed E-state index contributed by atoms with van der Waals surface area (Å²) in [5.41, 5.74) is 0.451. The Morgan fingerprint density at radius 1 is 1.06 bits per heavy atom. The van der Waals surface area contributed by atoms with Crippen molar-refractivity contribution in [3.8, 4) is 0 Å². The second kappa shape index (κ2) is 9.21. The van der Waals surface area contributed by atoms with Crippen LogP contribution in [-0.2, 0) is 21.8 Å². The van der Waals surface area contributed by atoms with Crippen molar-refractivity contribution in [1.82, 2.24) is 18.7 Å². The van der Waals surface area contributed by atoms with Crippen molar-refractivity contribution in [1.29, 1.82) is 0 Å². The van der Waals surface area contributed by atoms with Gasteiger partial charge in [0.05, 0.1) is 12.2 Å². The summed E-state index contributed by atoms with van der Waals surface area (Å²) in [6.45, 7) is 9.83. The largest absolute Gasteiger partial charge is 0.373 e. The van der Waals surface area contributed by atoms with E-state index in [4.69, 9.17) is 4.74 Å². The zero-order valence-corrected chi connectivity index (χ0v) is 19.8. The fraction of sp³-hybridized carbons (Fsp3) is 0.773. The van der Waals surface area contributed by atoms with Crippen LogP contribution in [0.25, 0.3) is 0 Å². The SMILES string of the molecule is CC1CN(CC2CCN(C(=O)c3cc(S(=O)(=O)N4CCCC4)cn3C)CC2)CC(C)O1. The van der Waals surface area contributed by atoms with Gasteiger partial charge in [-0.1, -0.05) is 0 Å². The molecule has 9 heteroatoms. The third-order valence-corrected chi connectivity index (χ3v) is 8.68. The molecule has 1 aromatic rings. The fourth-order valence-corrected chi connectivity index (χ4v) is 6.83. The van der Waals surface area contributed by atoms with Crippen LogP contribution in [0.5, 0.6) is 0 Å². The molecule has 0 saturated carbocycles. The van der Waals surface area contributed by atoms with Gasteiger partial charge >= 0.3 is 0 Å². The van der Waals surface area contributed by atoms with Crippen molar-refractivity contribution in [3.63, 3.8) is 0 Å². The zero-order chi connectivity index (χ0) is 22.2. The van der Waals surface area contributed by atoms with Crippen LogP contribution in [0.4, 0.5) is 0 Å². The molecule has 3 aliphatic rings. The molecule has 0 aliphatic carbocycles. The smallest absolute Gasteiger partial charge is 0.270 e. The molecule has 2 unspecified atom stereocenters. The van der Waals surface area contributed by atoms with Gasteiger partial charge in [0.25, 0.3) is 5.91 Å². The van der Waals surface area contributed by atoms with Gasteiger partial charge in [-0.2, -0.15) is 4.31 Å². The van der Waals surface area contributed by atoms with E-state index < -0.39 is 10.0 Å². The van der Waals surface area contributed by atoms with Crippen molar-refractivity contribution in [3.05, 3.63) is 18.0 Å². The molecule has 31 heavy (non-hydrogen) atoms. The van der Waals surface area contributed by atoms with Crippen LogP contribution >= 0.6 is 0 Å². The minimum atomic E-state index is -3.51. The van der Waals surface area contributed by atoms with Gasteiger partial charge in [-0.15, -0.1) is 0 Å². The topological polar surface area (TPSA) is 75.1 Å². The van der Waals surface area contributed by atoms with E-state index in [0.29, 0.717) is 24.7 Å². The third-order valence-electron chi connectivity index (χ3n) is 6.82. The Hall–Kier alpha value is -1.42. The lowest BCUT2D eigenvalue weighted by molar-refractivity contribution is -0.0728. The number of rotatable bonds is 5. The molecule has 0 radical (unpaired) electrons. The van der Waals surface area contributed by atoms with Crippen LogP contribution in [0.3, 0.4) is 0 Å². The molecule has 0 spiro atoms. The lowest BCUT2D eigenvalue weighted by Crippen LogP contribution is -2.48. The minimum Gasteiger partial charge on any atom is -0.373 e. The Morgan fingerprint density at radius 2 is 1.68 bits per heavy atom. The molecule has 4 heterocycles. The number of ether oxygens (including phenoxy) is 1. The monoisotopic (exact) mass is 452 g/mol. The number of carbonyl (C=O) groups excluding carboxylic acids is 1. The molecule has 0 bridgehead atoms. The van der Waals surface area contributed by atoms with Gasteiger partial charge in [0.2, 0.25) is 10.0 Å². The summed E-state index contributed by atoms with van der Waals surface area (Å²) >= 11 is 0. The molecule has 3 aliphatic heterocycles. The molecular formula is C22H36N4O4S. The Labute approximate surface area is 186 Å². The number of carbonyl (C=O) groups is 1. The van der Waals surface area contributed by atoms with Gasteiger partial charge in [-0.25, -0.2) is 8.42 Å². The summed E-state index contributed by atoms with van der Waals surface area (Å²) in [7, 11) is -1.76. The first kappa shape index (κ1) is 22.8. The van der Waals surface area contributed by atoms with Gasteiger partial charge in [0.15, 0.2) is 0 Å². The number of hydrogen-bond donors (Lipinski definition) is 0. The Balaban J connectivity index is 1.35. The number of sulfonamides is 1. The van der Waals surface area contributed by atoms with Crippen LogP contribution in [0.15, 0.2) is 17.2 Å². The molecule has 0 N–H and O–H groups in total. The van der Waals surface area contributed by atoms with Crippen LogP contribution in [0, 0.1) is 5.92 Å². The highest BCUT2D eigenvalue weighted by atomic mass is 32.2. The second-order valence-corrected chi connectivity index (χ2v) is 11.4. The minimum absolute atomic E-state index is 0.0718. The zero-order valence-electron chi connectivity index (χ0n) is 19.0. The van der Waals surface area contributed by atoms with Crippen LogP contribution in [-0.4, -0.2) is 91.0 Å². The van der Waals surface area contributed by atoms with E-state index in [1.54, 1.807) is 23.9 Å². The number of likely N-dealkylation sites (tertiary alicyclic amines) is 1. The first-order valence-electron chi connectivity index (χ1n) is 11.6. The van der Waals surface area contributed by atoms with E-state index in [0.717, 1.165) is 58.4 Å². The fourth-order valence-electron chi connectivity index (χ4n) is 5.24. The predicted molar refractivity (Wildman–Crippen MR) is 118 cm³/mol. The second-order valence-electron chi connectivity index (χ2n) is 9.49. The number of nitrogens with zero attached hydrogens (tertiary/aromatic N) is 4. The number of amides is 1. The summed E-state index contributed by atoms with van der Waals surface area (Å²) in [5, 5.41) is 0. The standard InChI is InChI=1S/C22H36N4O4S/c1-17-13-24(14-18(2)30-17)15-19-6-10-25(11-7-19)22(27)21-12-20(16-23(21)3)31(28,29)26-8-4-5-9-26/h12,16-19H,4-11,13-15H2,1-3H3. The van der Waals surface area contributed by atoms with E-state index in [1.165, 1.54) is 4.31 Å². The third kappa shape index (κ3) is 4.99. The van der Waals surface area contributed by atoms with E-state index in [-0.39, 0.29) is 23.0 Å². The summed E-state index contributed by atoms with van der Waals surface area (Å²) < 4.78 is 34.7. The van der Waals surface area contributed by atoms with E-state index in [2.05, 4.69) is 18.7 Å². The van der Waals surface area contributed by atoms with E-state index in [1.807, 2.05) is 4.90 Å². The molecule has 3 fully saturated rings. The predicted octanol–water partition coefficient (Wildman–Crippen LogP) is 1.77. The van der Waals surface area contributed by atoms with Gasteiger partial charge in [-0.05, 0) is 51.5 Å². The molecule has 8 nitrogen and oxygen atoms in total. The summed E-state index contributed by atoms with van der Waals surface area (Å²) in [6.07, 6.45) is 5.88. The molecule has 0 aromatic carbocycles. The molecule has 4 rings (SSSR count). The molecule has 2 atom stereocenters. The molecular weight excluding hydrogens is 416 g/mol. The maximum Gasteiger partial charge on any atom is 0.270 e. The highest BCUT2D eigenvalue weighted by molar-refractivity contribution is 7.89. The van der Waals surface area contributed by atoms with Gasteiger partial charge in [0, 0.05) is 59.1 Å². The lowest BCUT2D eigenvalue weighted by atomic mass is 9.95. The van der Waals surface area contributed by atoms with Gasteiger partial charge in [0.1, 0.15) is 10.6 Å². The number of hydrogen-bond acceptors (Lipinski definition) is 5. The van der Waals surface area contributed by atoms with E-state index >= 15 is 0 Å². The Kier molecular flexibility index (Phi) is 6.76. The Bertz CT molecular complexity index is 875. The number of piperidine rings is 1. The average Bonchev–Trinajstić information content (AvgIpc) is 3.38. The van der Waals surface area contributed by atoms with Crippen molar-refractivity contribution in [2.45, 2.75) is 56.6 Å². The number of aromatic nitrogens is 1. The summed E-state index contributed by atoms with van der Waals surface area (Å²) in [5.74, 6) is 0.513. The van der Waals surface area contributed by atoms with Crippen LogP contribution in [0.1, 0.15) is 50.0 Å². The maximum absolute atomic E-state index is 13.1. The highest BCUT2D eigenvalue weighted by Gasteiger charge is 2.32. The lowest BCUT2D eigenvalue weighted by Gasteiger charge is -2.39. The van der Waals surface area contributed by atoms with Crippen molar-refractivity contribution >= 4 is 15.9 Å². The summed E-state index contributed by atoms with van der Waals surface area (Å²) in [6, 6.07) is 1.55. The van der Waals surface area contributed by atoms with Crippen LogP contribution in [0.2, 0.25) is 0 Å². The Morgan fingerprint density at radius 3 is 2.29 bits per heavy atom. The normalized spacial score (nSPS) is 27.1. The van der Waals surface area contributed by atoms with Crippen LogP contribution < -0.4 is 0 Å². The van der Waals surface area contributed by atoms with Crippen molar-refractivity contribution in [2.24, 2.45) is 13.0 Å². The number of morpholine rings is 1. The van der Waals surface area contributed by atoms with Crippen molar-refractivity contribution in [2.75, 3.05) is 45.8 Å². The van der Waals surface area contributed by atoms with Gasteiger partial charge < -0.3 is 14.2 Å². The van der Waals surface area contributed by atoms with Crippen molar-refractivity contribution < 1.29 is 17.9 Å². The van der Waals surface area contributed by atoms with E-state index in [9.17, 15) is 13.2 Å². The first-order valence-corrected chi connectivity index (χ1v) is 13.0. The average molecular weight is 453 g/mol. The highest BCUT2D eigenvalue weighted by Crippen LogP contribution is 2.25. The number of aryl methyl sites for hydroxylation is 1. The molecule has 1 amide bonds. The molecule has 3 saturated heterocycles.